The number of amides is 1. The molecule has 0 aromatic carbocycles. The molecule has 4 aromatic heterocycles. The van der Waals surface area contributed by atoms with Crippen molar-refractivity contribution in [3.05, 3.63) is 65.7 Å². The zero-order valence-electron chi connectivity index (χ0n) is 12.8. The number of rotatable bonds is 2. The average Bonchev–Trinajstić information content (AvgIpc) is 3.04. The minimum Gasteiger partial charge on any atom is -0.305 e. The van der Waals surface area contributed by atoms with Crippen LogP contribution in [0.4, 0.5) is 5.82 Å². The van der Waals surface area contributed by atoms with Crippen LogP contribution in [0.5, 0.6) is 0 Å². The van der Waals surface area contributed by atoms with E-state index in [9.17, 15) is 4.79 Å². The van der Waals surface area contributed by atoms with Crippen molar-refractivity contribution in [1.82, 2.24) is 19.0 Å². The molecule has 4 heterocycles. The van der Waals surface area contributed by atoms with Gasteiger partial charge in [0.1, 0.15) is 5.65 Å². The molecule has 1 amide bonds. The van der Waals surface area contributed by atoms with Gasteiger partial charge in [-0.15, -0.1) is 0 Å². The Morgan fingerprint density at radius 3 is 2.70 bits per heavy atom. The molecule has 114 valence electrons. The highest BCUT2D eigenvalue weighted by atomic mass is 16.1. The van der Waals surface area contributed by atoms with Crippen LogP contribution in [-0.2, 0) is 0 Å². The number of imidazole rings is 1. The Kier molecular flexibility index (Phi) is 2.90. The number of aromatic nitrogens is 4. The van der Waals surface area contributed by atoms with Gasteiger partial charge in [-0.2, -0.15) is 5.10 Å². The number of hydrogen-bond donors (Lipinski definition) is 1. The lowest BCUT2D eigenvalue weighted by Crippen LogP contribution is -2.14. The maximum absolute atomic E-state index is 12.7. The van der Waals surface area contributed by atoms with Crippen molar-refractivity contribution in [1.29, 1.82) is 0 Å². The number of aryl methyl sites for hydroxylation is 2. The molecule has 6 heteroatoms. The van der Waals surface area contributed by atoms with Crippen LogP contribution < -0.4 is 5.32 Å². The van der Waals surface area contributed by atoms with E-state index < -0.39 is 0 Å². The maximum atomic E-state index is 12.7. The molecule has 0 aliphatic carbocycles. The predicted octanol–water partition coefficient (Wildman–Crippen LogP) is 2.85. The Labute approximate surface area is 132 Å². The summed E-state index contributed by atoms with van der Waals surface area (Å²) >= 11 is 0. The minimum absolute atomic E-state index is 0.199. The summed E-state index contributed by atoms with van der Waals surface area (Å²) in [5, 5.41) is 7.28. The van der Waals surface area contributed by atoms with Gasteiger partial charge in [-0.1, -0.05) is 12.1 Å². The molecule has 0 spiro atoms. The number of fused-ring (bicyclic) bond motifs is 2. The van der Waals surface area contributed by atoms with E-state index in [-0.39, 0.29) is 5.91 Å². The molecule has 4 rings (SSSR count). The van der Waals surface area contributed by atoms with E-state index >= 15 is 0 Å². The number of carbonyl (C=O) groups is 1. The van der Waals surface area contributed by atoms with E-state index in [1.807, 2.05) is 67.0 Å². The van der Waals surface area contributed by atoms with Gasteiger partial charge in [0, 0.05) is 12.4 Å². The molecule has 0 aliphatic rings. The van der Waals surface area contributed by atoms with Crippen molar-refractivity contribution in [2.75, 3.05) is 5.32 Å². The van der Waals surface area contributed by atoms with Gasteiger partial charge in [0.25, 0.3) is 5.91 Å². The third-order valence-corrected chi connectivity index (χ3v) is 3.94. The Balaban J connectivity index is 1.76. The lowest BCUT2D eigenvalue weighted by molar-refractivity contribution is 0.102. The number of carbonyl (C=O) groups excluding carboxylic acids is 1. The monoisotopic (exact) mass is 305 g/mol. The molecule has 0 fully saturated rings. The van der Waals surface area contributed by atoms with E-state index in [0.29, 0.717) is 17.1 Å². The van der Waals surface area contributed by atoms with E-state index in [1.165, 1.54) is 0 Å². The van der Waals surface area contributed by atoms with Crippen LogP contribution in [0.1, 0.15) is 21.7 Å². The first-order valence-corrected chi connectivity index (χ1v) is 7.34. The molecule has 23 heavy (non-hydrogen) atoms. The molecule has 0 unspecified atom stereocenters. The van der Waals surface area contributed by atoms with Crippen LogP contribution in [0.2, 0.25) is 0 Å². The lowest BCUT2D eigenvalue weighted by atomic mass is 10.2. The second-order valence-electron chi connectivity index (χ2n) is 5.42. The summed E-state index contributed by atoms with van der Waals surface area (Å²) in [7, 11) is 0. The maximum Gasteiger partial charge on any atom is 0.260 e. The van der Waals surface area contributed by atoms with Crippen molar-refractivity contribution in [2.24, 2.45) is 0 Å². The van der Waals surface area contributed by atoms with E-state index in [1.54, 1.807) is 4.52 Å². The fraction of sp³-hybridized carbons (Fsp3) is 0.118. The van der Waals surface area contributed by atoms with Gasteiger partial charge in [0.05, 0.1) is 22.5 Å². The Morgan fingerprint density at radius 1 is 1.09 bits per heavy atom. The summed E-state index contributed by atoms with van der Waals surface area (Å²) in [6, 6.07) is 11.4. The van der Waals surface area contributed by atoms with Gasteiger partial charge in [-0.05, 0) is 38.1 Å². The normalized spacial score (nSPS) is 11.2. The molecular weight excluding hydrogens is 290 g/mol. The number of anilines is 1. The van der Waals surface area contributed by atoms with Gasteiger partial charge in [-0.3, -0.25) is 4.79 Å². The molecule has 0 saturated carbocycles. The fourth-order valence-electron chi connectivity index (χ4n) is 2.80. The highest BCUT2D eigenvalue weighted by Gasteiger charge is 2.19. The fourth-order valence-corrected chi connectivity index (χ4v) is 2.80. The molecule has 0 aliphatic heterocycles. The summed E-state index contributed by atoms with van der Waals surface area (Å²) in [5.74, 6) is 0.367. The van der Waals surface area contributed by atoms with E-state index in [0.717, 1.165) is 16.9 Å². The van der Waals surface area contributed by atoms with Crippen molar-refractivity contribution in [2.45, 2.75) is 13.8 Å². The first-order chi connectivity index (χ1) is 11.1. The second-order valence-corrected chi connectivity index (χ2v) is 5.42. The van der Waals surface area contributed by atoms with Crippen molar-refractivity contribution >= 4 is 22.9 Å². The Morgan fingerprint density at radius 2 is 1.87 bits per heavy atom. The predicted molar refractivity (Wildman–Crippen MR) is 87.8 cm³/mol. The zero-order valence-corrected chi connectivity index (χ0v) is 12.8. The molecule has 0 radical (unpaired) electrons. The van der Waals surface area contributed by atoms with Crippen LogP contribution >= 0.6 is 0 Å². The van der Waals surface area contributed by atoms with Crippen molar-refractivity contribution in [3.63, 3.8) is 0 Å². The van der Waals surface area contributed by atoms with Crippen LogP contribution in [0, 0.1) is 13.8 Å². The molecule has 0 saturated heterocycles. The first kappa shape index (κ1) is 13.5. The van der Waals surface area contributed by atoms with Gasteiger partial charge >= 0.3 is 0 Å². The zero-order chi connectivity index (χ0) is 16.0. The topological polar surface area (TPSA) is 63.7 Å². The quantitative estimate of drug-likeness (QED) is 0.619. The van der Waals surface area contributed by atoms with Gasteiger partial charge in [-0.25, -0.2) is 9.50 Å². The molecular formula is C17H15N5O. The summed E-state index contributed by atoms with van der Waals surface area (Å²) in [6.45, 7) is 3.76. The third-order valence-electron chi connectivity index (χ3n) is 3.94. The van der Waals surface area contributed by atoms with Crippen molar-refractivity contribution in [3.8, 4) is 0 Å². The van der Waals surface area contributed by atoms with Crippen molar-refractivity contribution < 1.29 is 4.79 Å². The Bertz CT molecular complexity index is 1040. The summed E-state index contributed by atoms with van der Waals surface area (Å²) in [5.41, 5.74) is 3.74. The molecule has 0 bridgehead atoms. The Hall–Kier alpha value is -3.15. The van der Waals surface area contributed by atoms with Crippen LogP contribution in [-0.4, -0.2) is 24.9 Å². The van der Waals surface area contributed by atoms with Crippen LogP contribution in [0.15, 0.2) is 48.8 Å². The third kappa shape index (κ3) is 2.07. The molecule has 0 atom stereocenters. The number of hydrogen-bond acceptors (Lipinski definition) is 3. The number of nitrogens with zero attached hydrogens (tertiary/aromatic N) is 4. The van der Waals surface area contributed by atoms with Gasteiger partial charge in [0.15, 0.2) is 5.82 Å². The number of pyridine rings is 2. The van der Waals surface area contributed by atoms with Gasteiger partial charge < -0.3 is 9.72 Å². The van der Waals surface area contributed by atoms with E-state index in [4.69, 9.17) is 0 Å². The largest absolute Gasteiger partial charge is 0.305 e. The average molecular weight is 305 g/mol. The van der Waals surface area contributed by atoms with Crippen LogP contribution in [0.25, 0.3) is 11.2 Å². The molecule has 6 nitrogen and oxygen atoms in total. The second kappa shape index (κ2) is 4.95. The van der Waals surface area contributed by atoms with Crippen LogP contribution in [0.3, 0.4) is 0 Å². The van der Waals surface area contributed by atoms with Gasteiger partial charge in [0.2, 0.25) is 0 Å². The minimum atomic E-state index is -0.199. The van der Waals surface area contributed by atoms with E-state index in [2.05, 4.69) is 15.4 Å². The summed E-state index contributed by atoms with van der Waals surface area (Å²) < 4.78 is 3.65. The SMILES string of the molecule is Cc1nn2ccccc2c1C(=O)Nc1nc2ccccn2c1C. The number of nitrogens with one attached hydrogen (secondary N) is 1. The molecule has 1 N–H and O–H groups in total. The first-order valence-electron chi connectivity index (χ1n) is 7.34. The standard InChI is InChI=1S/C17H15N5O/c1-11-15(13-7-3-6-10-22(13)20-11)17(23)19-16-12(2)21-9-5-4-8-14(21)18-16/h3-10H,1-2H3,(H,19,23). The molecule has 4 aromatic rings. The highest BCUT2D eigenvalue weighted by molar-refractivity contribution is 6.09. The summed E-state index contributed by atoms with van der Waals surface area (Å²) in [6.07, 6.45) is 3.75. The highest BCUT2D eigenvalue weighted by Crippen LogP contribution is 2.20. The smallest absolute Gasteiger partial charge is 0.260 e. The summed E-state index contributed by atoms with van der Waals surface area (Å²) in [4.78, 5) is 17.2. The lowest BCUT2D eigenvalue weighted by Gasteiger charge is -2.03.